The minimum absolute atomic E-state index is 0.0129. The maximum absolute atomic E-state index is 13.4. The van der Waals surface area contributed by atoms with Crippen molar-refractivity contribution in [1.82, 2.24) is 10.2 Å². The molecule has 6 heteroatoms. The summed E-state index contributed by atoms with van der Waals surface area (Å²) in [7, 11) is 0. The van der Waals surface area contributed by atoms with Crippen molar-refractivity contribution in [2.75, 3.05) is 25.4 Å². The molecule has 2 amide bonds. The van der Waals surface area contributed by atoms with Crippen LogP contribution in [0.25, 0.3) is 0 Å². The number of hydrogen-bond donors (Lipinski definition) is 1. The second-order valence-corrected chi connectivity index (χ2v) is 5.65. The van der Waals surface area contributed by atoms with Crippen molar-refractivity contribution in [3.63, 3.8) is 0 Å². The fraction of sp³-hybridized carbons (Fsp3) is 0.429. The molecule has 1 fully saturated rings. The average molecular weight is 296 g/mol. The first kappa shape index (κ1) is 14.8. The van der Waals surface area contributed by atoms with E-state index in [1.807, 2.05) is 0 Å². The van der Waals surface area contributed by atoms with E-state index in [1.165, 1.54) is 17.8 Å². The van der Waals surface area contributed by atoms with Gasteiger partial charge >= 0.3 is 0 Å². The Balaban J connectivity index is 1.77. The Morgan fingerprint density at radius 1 is 1.35 bits per heavy atom. The SMILES string of the molecule is O=C1CCN(C(=O)CCSc2ccccc2F)CCN1. The zero-order valence-corrected chi connectivity index (χ0v) is 11.9. The molecular formula is C14H17FN2O2S. The summed E-state index contributed by atoms with van der Waals surface area (Å²) in [4.78, 5) is 25.5. The van der Waals surface area contributed by atoms with Crippen LogP contribution in [0.5, 0.6) is 0 Å². The van der Waals surface area contributed by atoms with Crippen LogP contribution in [0.3, 0.4) is 0 Å². The minimum atomic E-state index is -0.255. The van der Waals surface area contributed by atoms with Gasteiger partial charge in [-0.05, 0) is 12.1 Å². The normalized spacial score (nSPS) is 15.7. The number of benzene rings is 1. The summed E-state index contributed by atoms with van der Waals surface area (Å²) in [5, 5.41) is 2.73. The van der Waals surface area contributed by atoms with Gasteiger partial charge in [-0.15, -0.1) is 11.8 Å². The quantitative estimate of drug-likeness (QED) is 0.860. The van der Waals surface area contributed by atoms with Gasteiger partial charge in [0.05, 0.1) is 0 Å². The van der Waals surface area contributed by atoms with Crippen molar-refractivity contribution in [2.45, 2.75) is 17.7 Å². The smallest absolute Gasteiger partial charge is 0.223 e. The third-order valence-corrected chi connectivity index (χ3v) is 4.13. The number of nitrogens with one attached hydrogen (secondary N) is 1. The van der Waals surface area contributed by atoms with Crippen molar-refractivity contribution in [3.8, 4) is 0 Å². The zero-order chi connectivity index (χ0) is 14.4. The predicted molar refractivity (Wildman–Crippen MR) is 75.9 cm³/mol. The predicted octanol–water partition coefficient (Wildman–Crippen LogP) is 1.66. The first-order chi connectivity index (χ1) is 9.66. The second kappa shape index (κ2) is 7.28. The highest BCUT2D eigenvalue weighted by atomic mass is 32.2. The van der Waals surface area contributed by atoms with E-state index >= 15 is 0 Å². The van der Waals surface area contributed by atoms with E-state index in [0.717, 1.165) is 0 Å². The van der Waals surface area contributed by atoms with Gasteiger partial charge in [-0.2, -0.15) is 0 Å². The fourth-order valence-electron chi connectivity index (χ4n) is 1.98. The van der Waals surface area contributed by atoms with Gasteiger partial charge in [0.2, 0.25) is 11.8 Å². The van der Waals surface area contributed by atoms with Crippen LogP contribution in [0.15, 0.2) is 29.2 Å². The summed E-state index contributed by atoms with van der Waals surface area (Å²) < 4.78 is 13.4. The van der Waals surface area contributed by atoms with Crippen LogP contribution in [-0.4, -0.2) is 42.1 Å². The number of carbonyl (C=O) groups excluding carboxylic acids is 2. The lowest BCUT2D eigenvalue weighted by Gasteiger charge is -2.19. The maximum atomic E-state index is 13.4. The van der Waals surface area contributed by atoms with E-state index in [2.05, 4.69) is 5.32 Å². The molecular weight excluding hydrogens is 279 g/mol. The van der Waals surface area contributed by atoms with Crippen molar-refractivity contribution < 1.29 is 14.0 Å². The molecule has 0 radical (unpaired) electrons. The average Bonchev–Trinajstić information content (AvgIpc) is 2.66. The van der Waals surface area contributed by atoms with Crippen LogP contribution in [0.4, 0.5) is 4.39 Å². The molecule has 1 N–H and O–H groups in total. The lowest BCUT2D eigenvalue weighted by atomic mass is 10.3. The lowest BCUT2D eigenvalue weighted by Crippen LogP contribution is -2.34. The number of halogens is 1. The van der Waals surface area contributed by atoms with Crippen molar-refractivity contribution in [1.29, 1.82) is 0 Å². The molecule has 2 rings (SSSR count). The van der Waals surface area contributed by atoms with Gasteiger partial charge in [-0.25, -0.2) is 4.39 Å². The lowest BCUT2D eigenvalue weighted by molar-refractivity contribution is -0.130. The van der Waals surface area contributed by atoms with Crippen LogP contribution in [-0.2, 0) is 9.59 Å². The number of thioether (sulfide) groups is 1. The van der Waals surface area contributed by atoms with Crippen LogP contribution in [0.2, 0.25) is 0 Å². The molecule has 1 saturated heterocycles. The molecule has 0 atom stereocenters. The number of nitrogens with zero attached hydrogens (tertiary/aromatic N) is 1. The molecule has 20 heavy (non-hydrogen) atoms. The van der Waals surface area contributed by atoms with E-state index in [4.69, 9.17) is 0 Å². The molecule has 1 heterocycles. The number of hydrogen-bond acceptors (Lipinski definition) is 3. The Labute approximate surface area is 121 Å². The Morgan fingerprint density at radius 2 is 2.15 bits per heavy atom. The Kier molecular flexibility index (Phi) is 5.40. The zero-order valence-electron chi connectivity index (χ0n) is 11.1. The monoisotopic (exact) mass is 296 g/mol. The molecule has 1 aromatic carbocycles. The molecule has 1 aliphatic heterocycles. The molecule has 0 bridgehead atoms. The van der Waals surface area contributed by atoms with Crippen molar-refractivity contribution in [3.05, 3.63) is 30.1 Å². The van der Waals surface area contributed by atoms with Gasteiger partial charge in [0, 0.05) is 43.1 Å². The van der Waals surface area contributed by atoms with Gasteiger partial charge in [0.1, 0.15) is 5.82 Å². The topological polar surface area (TPSA) is 49.4 Å². The van der Waals surface area contributed by atoms with E-state index in [1.54, 1.807) is 23.1 Å². The van der Waals surface area contributed by atoms with E-state index < -0.39 is 0 Å². The highest BCUT2D eigenvalue weighted by molar-refractivity contribution is 7.99. The highest BCUT2D eigenvalue weighted by Gasteiger charge is 2.18. The molecule has 0 unspecified atom stereocenters. The minimum Gasteiger partial charge on any atom is -0.354 e. The first-order valence-electron chi connectivity index (χ1n) is 6.58. The molecule has 0 aliphatic carbocycles. The number of amides is 2. The molecule has 108 valence electrons. The Hall–Kier alpha value is -1.56. The molecule has 1 aromatic rings. The van der Waals surface area contributed by atoms with Gasteiger partial charge in [0.25, 0.3) is 0 Å². The van der Waals surface area contributed by atoms with Crippen molar-refractivity contribution >= 4 is 23.6 Å². The summed E-state index contributed by atoms with van der Waals surface area (Å²) in [6.07, 6.45) is 0.708. The third kappa shape index (κ3) is 4.23. The van der Waals surface area contributed by atoms with Gasteiger partial charge in [-0.3, -0.25) is 9.59 Å². The largest absolute Gasteiger partial charge is 0.354 e. The number of carbonyl (C=O) groups is 2. The summed E-state index contributed by atoms with van der Waals surface area (Å²) in [5.74, 6) is 0.290. The molecule has 0 spiro atoms. The molecule has 0 saturated carbocycles. The first-order valence-corrected chi connectivity index (χ1v) is 7.57. The fourth-order valence-corrected chi connectivity index (χ4v) is 2.86. The van der Waals surface area contributed by atoms with Crippen LogP contribution >= 0.6 is 11.8 Å². The standard InChI is InChI=1S/C14H17FN2O2S/c15-11-3-1-2-4-12(11)20-10-6-14(19)17-8-5-13(18)16-7-9-17/h1-4H,5-10H2,(H,16,18). The Morgan fingerprint density at radius 3 is 2.95 bits per heavy atom. The third-order valence-electron chi connectivity index (χ3n) is 3.08. The molecule has 4 nitrogen and oxygen atoms in total. The highest BCUT2D eigenvalue weighted by Crippen LogP contribution is 2.22. The van der Waals surface area contributed by atoms with Crippen LogP contribution in [0.1, 0.15) is 12.8 Å². The maximum Gasteiger partial charge on any atom is 0.223 e. The van der Waals surface area contributed by atoms with E-state index in [-0.39, 0.29) is 17.6 Å². The van der Waals surface area contributed by atoms with Crippen LogP contribution < -0.4 is 5.32 Å². The summed E-state index contributed by atoms with van der Waals surface area (Å²) in [5.41, 5.74) is 0. The summed E-state index contributed by atoms with van der Waals surface area (Å²) >= 11 is 1.34. The summed E-state index contributed by atoms with van der Waals surface area (Å²) in [6.45, 7) is 1.52. The van der Waals surface area contributed by atoms with E-state index in [9.17, 15) is 14.0 Å². The van der Waals surface area contributed by atoms with Gasteiger partial charge in [-0.1, -0.05) is 12.1 Å². The number of rotatable bonds is 4. The van der Waals surface area contributed by atoms with E-state index in [0.29, 0.717) is 43.1 Å². The second-order valence-electron chi connectivity index (χ2n) is 4.51. The van der Waals surface area contributed by atoms with Gasteiger partial charge in [0.15, 0.2) is 0 Å². The summed E-state index contributed by atoms with van der Waals surface area (Å²) in [6, 6.07) is 6.54. The molecule has 1 aliphatic rings. The molecule has 0 aromatic heterocycles. The van der Waals surface area contributed by atoms with Gasteiger partial charge < -0.3 is 10.2 Å². The Bertz CT molecular complexity index is 496. The van der Waals surface area contributed by atoms with Crippen molar-refractivity contribution in [2.24, 2.45) is 0 Å². The van der Waals surface area contributed by atoms with Crippen LogP contribution in [0, 0.1) is 5.82 Å².